The molecule has 0 bridgehead atoms. The molecule has 114 valence electrons. The molecule has 0 fully saturated rings. The van der Waals surface area contributed by atoms with E-state index in [0.717, 1.165) is 49.9 Å². The summed E-state index contributed by atoms with van der Waals surface area (Å²) >= 11 is 0. The van der Waals surface area contributed by atoms with Gasteiger partial charge in [-0.2, -0.15) is 0 Å². The Hall–Kier alpha value is -1.16. The third-order valence-corrected chi connectivity index (χ3v) is 3.65. The smallest absolute Gasteiger partial charge is 0.133 e. The molecule has 0 aliphatic heterocycles. The first-order chi connectivity index (χ1) is 9.53. The molecule has 1 aromatic heterocycles. The molecule has 0 spiro atoms. The topological polar surface area (TPSA) is 41.1 Å². The number of hydrogen-bond acceptors (Lipinski definition) is 4. The summed E-state index contributed by atoms with van der Waals surface area (Å²) in [4.78, 5) is 11.8. The van der Waals surface area contributed by atoms with Crippen molar-refractivity contribution in [1.82, 2.24) is 14.9 Å². The summed E-state index contributed by atoms with van der Waals surface area (Å²) in [6, 6.07) is 0. The van der Waals surface area contributed by atoms with E-state index in [2.05, 4.69) is 51.8 Å². The maximum atomic E-state index is 4.74. The first-order valence-electron chi connectivity index (χ1n) is 7.86. The summed E-state index contributed by atoms with van der Waals surface area (Å²) in [7, 11) is 0. The van der Waals surface area contributed by atoms with Crippen molar-refractivity contribution in [2.24, 2.45) is 0 Å². The van der Waals surface area contributed by atoms with Crippen molar-refractivity contribution < 1.29 is 0 Å². The zero-order chi connectivity index (χ0) is 15.1. The number of hydrogen-bond donors (Lipinski definition) is 1. The average molecular weight is 278 g/mol. The van der Waals surface area contributed by atoms with Crippen molar-refractivity contribution in [2.75, 3.05) is 31.5 Å². The molecule has 1 rings (SSSR count). The summed E-state index contributed by atoms with van der Waals surface area (Å²) in [5.74, 6) is 2.42. The third kappa shape index (κ3) is 4.44. The largest absolute Gasteiger partial charge is 0.370 e. The minimum absolute atomic E-state index is 0.445. The minimum Gasteiger partial charge on any atom is -0.370 e. The molecule has 0 aliphatic rings. The third-order valence-electron chi connectivity index (χ3n) is 3.65. The Labute approximate surface area is 124 Å². The summed E-state index contributed by atoms with van der Waals surface area (Å²) in [6.45, 7) is 17.1. The Morgan fingerprint density at radius 2 is 1.75 bits per heavy atom. The van der Waals surface area contributed by atoms with Crippen LogP contribution in [0.2, 0.25) is 0 Å². The fourth-order valence-electron chi connectivity index (χ4n) is 2.54. The molecular weight excluding hydrogens is 248 g/mol. The first kappa shape index (κ1) is 16.9. The van der Waals surface area contributed by atoms with Gasteiger partial charge in [-0.1, -0.05) is 27.7 Å². The van der Waals surface area contributed by atoms with Crippen LogP contribution in [0, 0.1) is 6.92 Å². The molecule has 0 amide bonds. The fraction of sp³-hybridized carbons (Fsp3) is 0.750. The number of anilines is 1. The normalized spacial score (nSPS) is 11.4. The van der Waals surface area contributed by atoms with Gasteiger partial charge in [-0.15, -0.1) is 0 Å². The van der Waals surface area contributed by atoms with Crippen molar-refractivity contribution in [2.45, 2.75) is 53.9 Å². The summed E-state index contributed by atoms with van der Waals surface area (Å²) in [5, 5.41) is 3.39. The van der Waals surface area contributed by atoms with Crippen molar-refractivity contribution >= 4 is 5.82 Å². The highest BCUT2D eigenvalue weighted by Crippen LogP contribution is 2.25. The molecule has 0 radical (unpaired) electrons. The Morgan fingerprint density at radius 1 is 1.10 bits per heavy atom. The predicted molar refractivity (Wildman–Crippen MR) is 86.5 cm³/mol. The van der Waals surface area contributed by atoms with Gasteiger partial charge >= 0.3 is 0 Å². The van der Waals surface area contributed by atoms with E-state index in [0.29, 0.717) is 5.92 Å². The predicted octanol–water partition coefficient (Wildman–Crippen LogP) is 3.22. The first-order valence-corrected chi connectivity index (χ1v) is 7.86. The number of likely N-dealkylation sites (N-methyl/N-ethyl adjacent to an activating group) is 1. The van der Waals surface area contributed by atoms with E-state index in [1.165, 1.54) is 5.56 Å². The summed E-state index contributed by atoms with van der Waals surface area (Å²) < 4.78 is 0. The number of aromatic nitrogens is 2. The van der Waals surface area contributed by atoms with Gasteiger partial charge in [-0.3, -0.25) is 0 Å². The lowest BCUT2D eigenvalue weighted by atomic mass is 10.0. The molecule has 0 atom stereocenters. The van der Waals surface area contributed by atoms with Crippen LogP contribution in [0.15, 0.2) is 0 Å². The van der Waals surface area contributed by atoms with E-state index in [4.69, 9.17) is 9.97 Å². The Balaban J connectivity index is 2.93. The Kier molecular flexibility index (Phi) is 6.93. The standard InChI is InChI=1S/C16H30N4/c1-7-17-16-15(12(4)5)13(6)18-14(19-16)10-11-20(8-2)9-3/h12H,7-11H2,1-6H3,(H,17,18,19). The van der Waals surface area contributed by atoms with Crippen molar-refractivity contribution in [3.8, 4) is 0 Å². The molecule has 0 saturated carbocycles. The second-order valence-electron chi connectivity index (χ2n) is 5.45. The molecule has 4 nitrogen and oxygen atoms in total. The van der Waals surface area contributed by atoms with Gasteiger partial charge in [0.2, 0.25) is 0 Å². The van der Waals surface area contributed by atoms with Gasteiger partial charge in [0.15, 0.2) is 0 Å². The molecule has 1 aromatic rings. The highest BCUT2D eigenvalue weighted by Gasteiger charge is 2.14. The van der Waals surface area contributed by atoms with E-state index in [-0.39, 0.29) is 0 Å². The summed E-state index contributed by atoms with van der Waals surface area (Å²) in [6.07, 6.45) is 0.916. The van der Waals surface area contributed by atoms with Gasteiger partial charge in [0.25, 0.3) is 0 Å². The van der Waals surface area contributed by atoms with Crippen LogP contribution in [0.25, 0.3) is 0 Å². The molecule has 1 heterocycles. The van der Waals surface area contributed by atoms with E-state index in [1.54, 1.807) is 0 Å². The SMILES string of the molecule is CCNc1nc(CCN(CC)CC)nc(C)c1C(C)C. The van der Waals surface area contributed by atoms with Crippen LogP contribution < -0.4 is 5.32 Å². The van der Waals surface area contributed by atoms with Gasteiger partial charge in [-0.05, 0) is 32.9 Å². The van der Waals surface area contributed by atoms with E-state index in [1.807, 2.05) is 0 Å². The second kappa shape index (κ2) is 8.20. The van der Waals surface area contributed by atoms with Gasteiger partial charge < -0.3 is 10.2 Å². The van der Waals surface area contributed by atoms with E-state index < -0.39 is 0 Å². The van der Waals surface area contributed by atoms with Gasteiger partial charge in [0.05, 0.1) is 0 Å². The van der Waals surface area contributed by atoms with Crippen LogP contribution in [0.4, 0.5) is 5.82 Å². The molecule has 4 heteroatoms. The molecule has 0 aliphatic carbocycles. The Bertz CT molecular complexity index is 411. The Morgan fingerprint density at radius 3 is 2.25 bits per heavy atom. The van der Waals surface area contributed by atoms with Crippen LogP contribution in [0.1, 0.15) is 57.6 Å². The number of rotatable bonds is 8. The molecular formula is C16H30N4. The van der Waals surface area contributed by atoms with E-state index >= 15 is 0 Å². The van der Waals surface area contributed by atoms with Crippen LogP contribution in [0.3, 0.4) is 0 Å². The van der Waals surface area contributed by atoms with Crippen LogP contribution in [0.5, 0.6) is 0 Å². The monoisotopic (exact) mass is 278 g/mol. The minimum atomic E-state index is 0.445. The van der Waals surface area contributed by atoms with Gasteiger partial charge in [0, 0.05) is 30.8 Å². The quantitative estimate of drug-likeness (QED) is 0.792. The van der Waals surface area contributed by atoms with E-state index in [9.17, 15) is 0 Å². The van der Waals surface area contributed by atoms with Crippen molar-refractivity contribution in [1.29, 1.82) is 0 Å². The van der Waals surface area contributed by atoms with Gasteiger partial charge in [-0.25, -0.2) is 9.97 Å². The van der Waals surface area contributed by atoms with Crippen LogP contribution >= 0.6 is 0 Å². The lowest BCUT2D eigenvalue weighted by Crippen LogP contribution is -2.26. The molecule has 0 saturated heterocycles. The zero-order valence-electron chi connectivity index (χ0n) is 14.0. The number of aryl methyl sites for hydroxylation is 1. The summed E-state index contributed by atoms with van der Waals surface area (Å²) in [5.41, 5.74) is 2.36. The van der Waals surface area contributed by atoms with Crippen molar-refractivity contribution in [3.05, 3.63) is 17.1 Å². The zero-order valence-corrected chi connectivity index (χ0v) is 14.0. The fourth-order valence-corrected chi connectivity index (χ4v) is 2.54. The maximum absolute atomic E-state index is 4.74. The van der Waals surface area contributed by atoms with Crippen LogP contribution in [-0.2, 0) is 6.42 Å². The van der Waals surface area contributed by atoms with Crippen LogP contribution in [-0.4, -0.2) is 41.0 Å². The lowest BCUT2D eigenvalue weighted by Gasteiger charge is -2.19. The molecule has 0 aromatic carbocycles. The molecule has 0 unspecified atom stereocenters. The molecule has 20 heavy (non-hydrogen) atoms. The average Bonchev–Trinajstić information content (AvgIpc) is 2.39. The number of nitrogens with zero attached hydrogens (tertiary/aromatic N) is 3. The lowest BCUT2D eigenvalue weighted by molar-refractivity contribution is 0.305. The van der Waals surface area contributed by atoms with Gasteiger partial charge in [0.1, 0.15) is 11.6 Å². The highest BCUT2D eigenvalue weighted by molar-refractivity contribution is 5.48. The highest BCUT2D eigenvalue weighted by atomic mass is 15.1. The maximum Gasteiger partial charge on any atom is 0.133 e. The molecule has 1 N–H and O–H groups in total. The van der Waals surface area contributed by atoms with Crippen molar-refractivity contribution in [3.63, 3.8) is 0 Å². The number of nitrogens with one attached hydrogen (secondary N) is 1. The second-order valence-corrected chi connectivity index (χ2v) is 5.45.